The molecule has 1 heterocycles. The summed E-state index contributed by atoms with van der Waals surface area (Å²) in [5, 5.41) is 19.3. The number of ether oxygens (including phenoxy) is 2. The van der Waals surface area contributed by atoms with Gasteiger partial charge in [0, 0.05) is 0 Å². The number of esters is 1. The van der Waals surface area contributed by atoms with Gasteiger partial charge in [0.2, 0.25) is 0 Å². The Morgan fingerprint density at radius 1 is 1.39 bits per heavy atom. The van der Waals surface area contributed by atoms with Gasteiger partial charge in [-0.3, -0.25) is 0 Å². The lowest BCUT2D eigenvalue weighted by Crippen LogP contribution is -2.44. The summed E-state index contributed by atoms with van der Waals surface area (Å²) in [6, 6.07) is 9.52. The number of hydrogen-bond donors (Lipinski definition) is 2. The van der Waals surface area contributed by atoms with E-state index < -0.39 is 23.8 Å². The number of rotatable bonds is 4. The molecule has 1 aliphatic rings. The predicted octanol–water partition coefficient (Wildman–Crippen LogP) is 0.240. The van der Waals surface area contributed by atoms with Crippen LogP contribution in [0.2, 0.25) is 0 Å². The van der Waals surface area contributed by atoms with Crippen LogP contribution in [0.5, 0.6) is 0 Å². The maximum atomic E-state index is 11.3. The monoisotopic (exact) mass is 252 g/mol. The van der Waals surface area contributed by atoms with E-state index in [0.717, 1.165) is 5.56 Å². The zero-order valence-corrected chi connectivity index (χ0v) is 10.1. The minimum atomic E-state index is -1.85. The molecule has 0 spiro atoms. The fourth-order valence-corrected chi connectivity index (χ4v) is 1.80. The molecule has 0 radical (unpaired) electrons. The normalized spacial score (nSPS) is 31.4. The van der Waals surface area contributed by atoms with Crippen molar-refractivity contribution < 1.29 is 24.5 Å². The summed E-state index contributed by atoms with van der Waals surface area (Å²) in [7, 11) is 0. The Balaban J connectivity index is 1.84. The molecule has 5 nitrogen and oxygen atoms in total. The van der Waals surface area contributed by atoms with E-state index in [1.54, 1.807) is 0 Å². The summed E-state index contributed by atoms with van der Waals surface area (Å²) in [5.74, 6) is -0.816. The Morgan fingerprint density at radius 2 is 2.06 bits per heavy atom. The van der Waals surface area contributed by atoms with E-state index in [1.165, 1.54) is 6.92 Å². The second-order valence-corrected chi connectivity index (χ2v) is 4.54. The highest BCUT2D eigenvalue weighted by Crippen LogP contribution is 2.26. The van der Waals surface area contributed by atoms with Gasteiger partial charge in [0.15, 0.2) is 11.7 Å². The highest BCUT2D eigenvalue weighted by atomic mass is 16.6. The maximum Gasteiger partial charge on any atom is 0.341 e. The van der Waals surface area contributed by atoms with Gasteiger partial charge in [-0.05, 0) is 12.5 Å². The molecule has 0 saturated carbocycles. The van der Waals surface area contributed by atoms with Crippen LogP contribution in [0.15, 0.2) is 30.3 Å². The molecule has 0 aliphatic carbocycles. The SMILES string of the molecule is C[C@@]1(O)C(=O)O[C@H](COCc2ccccc2)[C@H]1O. The molecule has 18 heavy (non-hydrogen) atoms. The second-order valence-electron chi connectivity index (χ2n) is 4.54. The van der Waals surface area contributed by atoms with Crippen LogP contribution >= 0.6 is 0 Å². The van der Waals surface area contributed by atoms with Crippen molar-refractivity contribution in [1.29, 1.82) is 0 Å². The van der Waals surface area contributed by atoms with E-state index in [4.69, 9.17) is 9.47 Å². The zero-order valence-electron chi connectivity index (χ0n) is 10.1. The van der Waals surface area contributed by atoms with Crippen LogP contribution in [0.4, 0.5) is 0 Å². The molecule has 1 aliphatic heterocycles. The lowest BCUT2D eigenvalue weighted by atomic mass is 9.99. The topological polar surface area (TPSA) is 76.0 Å². The summed E-state index contributed by atoms with van der Waals surface area (Å²) in [4.78, 5) is 11.3. The van der Waals surface area contributed by atoms with Gasteiger partial charge in [-0.15, -0.1) is 0 Å². The van der Waals surface area contributed by atoms with Crippen molar-refractivity contribution in [2.24, 2.45) is 0 Å². The molecular weight excluding hydrogens is 236 g/mol. The molecule has 0 unspecified atom stereocenters. The number of cyclic esters (lactones) is 1. The number of aliphatic hydroxyl groups excluding tert-OH is 1. The van der Waals surface area contributed by atoms with Gasteiger partial charge in [-0.25, -0.2) is 4.79 Å². The smallest absolute Gasteiger partial charge is 0.341 e. The van der Waals surface area contributed by atoms with E-state index in [9.17, 15) is 15.0 Å². The highest BCUT2D eigenvalue weighted by molar-refractivity contribution is 5.82. The Bertz CT molecular complexity index is 415. The fraction of sp³-hybridized carbons (Fsp3) is 0.462. The molecule has 2 N–H and O–H groups in total. The first-order chi connectivity index (χ1) is 8.51. The van der Waals surface area contributed by atoms with Gasteiger partial charge in [-0.1, -0.05) is 30.3 Å². The van der Waals surface area contributed by atoms with Crippen molar-refractivity contribution in [2.45, 2.75) is 31.3 Å². The first kappa shape index (κ1) is 13.0. The third-order valence-corrected chi connectivity index (χ3v) is 2.99. The van der Waals surface area contributed by atoms with Crippen LogP contribution in [-0.4, -0.2) is 40.6 Å². The fourth-order valence-electron chi connectivity index (χ4n) is 1.80. The minimum Gasteiger partial charge on any atom is -0.455 e. The Kier molecular flexibility index (Phi) is 3.65. The van der Waals surface area contributed by atoms with Gasteiger partial charge < -0.3 is 19.7 Å². The quantitative estimate of drug-likeness (QED) is 0.751. The summed E-state index contributed by atoms with van der Waals surface area (Å²) >= 11 is 0. The minimum absolute atomic E-state index is 0.0535. The lowest BCUT2D eigenvalue weighted by Gasteiger charge is -2.18. The molecule has 1 saturated heterocycles. The Labute approximate surface area is 105 Å². The molecule has 3 atom stereocenters. The third-order valence-electron chi connectivity index (χ3n) is 2.99. The molecule has 1 aromatic carbocycles. The molecule has 1 aromatic rings. The third kappa shape index (κ3) is 2.53. The number of carbonyl (C=O) groups is 1. The maximum absolute atomic E-state index is 11.3. The number of aliphatic hydroxyl groups is 2. The summed E-state index contributed by atoms with van der Waals surface area (Å²) in [5.41, 5.74) is -0.857. The average Bonchev–Trinajstić information content (AvgIpc) is 2.55. The Morgan fingerprint density at radius 3 is 2.61 bits per heavy atom. The summed E-state index contributed by atoms with van der Waals surface area (Å²) in [6.07, 6.45) is -2.09. The van der Waals surface area contributed by atoms with Gasteiger partial charge >= 0.3 is 5.97 Å². The number of hydrogen-bond acceptors (Lipinski definition) is 5. The molecule has 2 rings (SSSR count). The molecule has 98 valence electrons. The van der Waals surface area contributed by atoms with Crippen molar-refractivity contribution in [1.82, 2.24) is 0 Å². The van der Waals surface area contributed by atoms with Crippen LogP contribution in [-0.2, 0) is 20.9 Å². The van der Waals surface area contributed by atoms with Crippen molar-refractivity contribution in [3.8, 4) is 0 Å². The number of benzene rings is 1. The first-order valence-corrected chi connectivity index (χ1v) is 5.75. The lowest BCUT2D eigenvalue weighted by molar-refractivity contribution is -0.155. The molecule has 0 aromatic heterocycles. The standard InChI is InChI=1S/C13H16O5/c1-13(16)11(14)10(18-12(13)15)8-17-7-9-5-3-2-4-6-9/h2-6,10-11,14,16H,7-8H2,1H3/t10-,11-,13+/m1/s1. The largest absolute Gasteiger partial charge is 0.455 e. The summed E-state index contributed by atoms with van der Waals surface area (Å²) in [6.45, 7) is 1.65. The van der Waals surface area contributed by atoms with Gasteiger partial charge in [0.1, 0.15) is 6.10 Å². The van der Waals surface area contributed by atoms with E-state index in [0.29, 0.717) is 6.61 Å². The van der Waals surface area contributed by atoms with E-state index in [-0.39, 0.29) is 6.61 Å². The highest BCUT2D eigenvalue weighted by Gasteiger charge is 2.52. The van der Waals surface area contributed by atoms with Crippen molar-refractivity contribution in [3.05, 3.63) is 35.9 Å². The van der Waals surface area contributed by atoms with E-state index in [2.05, 4.69) is 0 Å². The van der Waals surface area contributed by atoms with Gasteiger partial charge in [0.05, 0.1) is 13.2 Å². The van der Waals surface area contributed by atoms with Gasteiger partial charge in [-0.2, -0.15) is 0 Å². The molecule has 0 amide bonds. The predicted molar refractivity (Wildman–Crippen MR) is 62.6 cm³/mol. The van der Waals surface area contributed by atoms with Crippen LogP contribution < -0.4 is 0 Å². The Hall–Kier alpha value is -1.43. The van der Waals surface area contributed by atoms with Crippen LogP contribution in [0, 0.1) is 0 Å². The van der Waals surface area contributed by atoms with Crippen LogP contribution in [0.1, 0.15) is 12.5 Å². The molecule has 0 bridgehead atoms. The van der Waals surface area contributed by atoms with Crippen LogP contribution in [0.25, 0.3) is 0 Å². The van der Waals surface area contributed by atoms with Crippen LogP contribution in [0.3, 0.4) is 0 Å². The van der Waals surface area contributed by atoms with Crippen molar-refractivity contribution in [2.75, 3.05) is 6.61 Å². The number of carbonyl (C=O) groups excluding carboxylic acids is 1. The molecule has 5 heteroatoms. The zero-order chi connectivity index (χ0) is 13.2. The average molecular weight is 252 g/mol. The van der Waals surface area contributed by atoms with Crippen molar-refractivity contribution in [3.63, 3.8) is 0 Å². The van der Waals surface area contributed by atoms with E-state index >= 15 is 0 Å². The van der Waals surface area contributed by atoms with Gasteiger partial charge in [0.25, 0.3) is 0 Å². The molecular formula is C13H16O5. The van der Waals surface area contributed by atoms with Crippen molar-refractivity contribution >= 4 is 5.97 Å². The first-order valence-electron chi connectivity index (χ1n) is 5.75. The van der Waals surface area contributed by atoms with E-state index in [1.807, 2.05) is 30.3 Å². The molecule has 1 fully saturated rings. The summed E-state index contributed by atoms with van der Waals surface area (Å²) < 4.78 is 10.2. The second kappa shape index (κ2) is 5.06.